The highest BCUT2D eigenvalue weighted by atomic mass is 35.5. The topological polar surface area (TPSA) is 50.4 Å². The Bertz CT molecular complexity index is 445. The Labute approximate surface area is 118 Å². The Morgan fingerprint density at radius 1 is 1.53 bits per heavy atom. The first-order valence-corrected chi connectivity index (χ1v) is 6.92. The molecule has 0 aliphatic carbocycles. The smallest absolute Gasteiger partial charge is 0.237 e. The van der Waals surface area contributed by atoms with Gasteiger partial charge >= 0.3 is 0 Å². The molecule has 104 valence electrons. The van der Waals surface area contributed by atoms with Crippen LogP contribution >= 0.6 is 11.6 Å². The third kappa shape index (κ3) is 3.61. The number of hydrogen-bond acceptors (Lipinski definition) is 3. The predicted molar refractivity (Wildman–Crippen MR) is 75.5 cm³/mol. The van der Waals surface area contributed by atoms with Crippen LogP contribution in [0.25, 0.3) is 0 Å². The van der Waals surface area contributed by atoms with E-state index in [-0.39, 0.29) is 11.9 Å². The lowest BCUT2D eigenvalue weighted by atomic mass is 10.0. The fourth-order valence-corrected chi connectivity index (χ4v) is 2.51. The summed E-state index contributed by atoms with van der Waals surface area (Å²) in [6, 6.07) is 5.38. The average Bonchev–Trinajstić information content (AvgIpc) is 2.46. The molecule has 2 rings (SSSR count). The number of methoxy groups -OCH3 is 1. The van der Waals surface area contributed by atoms with Gasteiger partial charge in [-0.1, -0.05) is 24.1 Å². The van der Waals surface area contributed by atoms with Crippen LogP contribution in [-0.4, -0.2) is 25.6 Å². The quantitative estimate of drug-likeness (QED) is 0.889. The number of halogens is 1. The van der Waals surface area contributed by atoms with Crippen molar-refractivity contribution in [1.82, 2.24) is 10.6 Å². The molecule has 1 aromatic carbocycles. The Hall–Kier alpha value is -1.26. The van der Waals surface area contributed by atoms with Crippen molar-refractivity contribution in [1.29, 1.82) is 0 Å². The number of ether oxygens (including phenoxy) is 1. The molecule has 4 nitrogen and oxygen atoms in total. The second-order valence-electron chi connectivity index (χ2n) is 4.64. The van der Waals surface area contributed by atoms with E-state index < -0.39 is 0 Å². The van der Waals surface area contributed by atoms with E-state index >= 15 is 0 Å². The summed E-state index contributed by atoms with van der Waals surface area (Å²) in [5.74, 6) is 0.728. The normalized spacial score (nSPS) is 18.9. The Balaban J connectivity index is 1.96. The maximum absolute atomic E-state index is 12.0. The van der Waals surface area contributed by atoms with Gasteiger partial charge < -0.3 is 15.4 Å². The molecule has 0 bridgehead atoms. The molecular formula is C14H19ClN2O2. The number of benzene rings is 1. The summed E-state index contributed by atoms with van der Waals surface area (Å²) in [6.45, 7) is 1.30. The molecule has 0 radical (unpaired) electrons. The lowest BCUT2D eigenvalue weighted by Gasteiger charge is -2.22. The standard InChI is InChI=1S/C14H19ClN2O2/c1-19-13-7-4-5-11(15)10(13)9-17-14(18)12-6-2-3-8-16-12/h4-5,7,12,16H,2-3,6,8-9H2,1H3,(H,17,18)/t12-/m0/s1. The molecular weight excluding hydrogens is 264 g/mol. The lowest BCUT2D eigenvalue weighted by molar-refractivity contribution is -0.123. The third-order valence-electron chi connectivity index (χ3n) is 3.36. The van der Waals surface area contributed by atoms with Gasteiger partial charge in [0, 0.05) is 17.1 Å². The van der Waals surface area contributed by atoms with E-state index in [9.17, 15) is 4.79 Å². The first-order chi connectivity index (χ1) is 9.22. The van der Waals surface area contributed by atoms with Crippen molar-refractivity contribution in [3.05, 3.63) is 28.8 Å². The maximum atomic E-state index is 12.0. The summed E-state index contributed by atoms with van der Waals surface area (Å²) in [6.07, 6.45) is 3.13. The molecule has 5 heteroatoms. The third-order valence-corrected chi connectivity index (χ3v) is 3.72. The van der Waals surface area contributed by atoms with E-state index in [1.807, 2.05) is 12.1 Å². The monoisotopic (exact) mass is 282 g/mol. The van der Waals surface area contributed by atoms with Crippen molar-refractivity contribution in [2.75, 3.05) is 13.7 Å². The highest BCUT2D eigenvalue weighted by Gasteiger charge is 2.20. The average molecular weight is 283 g/mol. The van der Waals surface area contributed by atoms with Crippen LogP contribution < -0.4 is 15.4 Å². The van der Waals surface area contributed by atoms with Crippen molar-refractivity contribution in [3.63, 3.8) is 0 Å². The molecule has 0 aromatic heterocycles. The molecule has 0 saturated carbocycles. The van der Waals surface area contributed by atoms with Gasteiger partial charge in [-0.2, -0.15) is 0 Å². The summed E-state index contributed by atoms with van der Waals surface area (Å²) < 4.78 is 5.25. The summed E-state index contributed by atoms with van der Waals surface area (Å²) in [4.78, 5) is 12.0. The van der Waals surface area contributed by atoms with Crippen molar-refractivity contribution in [2.24, 2.45) is 0 Å². The molecule has 1 amide bonds. The predicted octanol–water partition coefficient (Wildman–Crippen LogP) is 2.11. The molecule has 0 unspecified atom stereocenters. The molecule has 1 heterocycles. The molecule has 1 atom stereocenters. The summed E-state index contributed by atoms with van der Waals surface area (Å²) in [5, 5.41) is 6.75. The largest absolute Gasteiger partial charge is 0.496 e. The van der Waals surface area contributed by atoms with Crippen LogP contribution in [0.1, 0.15) is 24.8 Å². The van der Waals surface area contributed by atoms with Gasteiger partial charge in [0.25, 0.3) is 0 Å². The number of carbonyl (C=O) groups is 1. The number of carbonyl (C=O) groups excluding carboxylic acids is 1. The van der Waals surface area contributed by atoms with E-state index in [1.54, 1.807) is 13.2 Å². The van der Waals surface area contributed by atoms with E-state index in [0.717, 1.165) is 31.4 Å². The minimum atomic E-state index is -0.0813. The lowest BCUT2D eigenvalue weighted by Crippen LogP contribution is -2.46. The highest BCUT2D eigenvalue weighted by molar-refractivity contribution is 6.31. The summed E-state index contributed by atoms with van der Waals surface area (Å²) >= 11 is 6.13. The molecule has 1 aromatic rings. The zero-order valence-electron chi connectivity index (χ0n) is 11.0. The van der Waals surface area contributed by atoms with E-state index in [0.29, 0.717) is 17.3 Å². The summed E-state index contributed by atoms with van der Waals surface area (Å²) in [7, 11) is 1.60. The van der Waals surface area contributed by atoms with Gasteiger partial charge in [-0.05, 0) is 31.5 Å². The van der Waals surface area contributed by atoms with E-state index in [4.69, 9.17) is 16.3 Å². The number of hydrogen-bond donors (Lipinski definition) is 2. The SMILES string of the molecule is COc1cccc(Cl)c1CNC(=O)[C@@H]1CCCCN1. The fourth-order valence-electron chi connectivity index (χ4n) is 2.28. The Morgan fingerprint density at radius 3 is 3.05 bits per heavy atom. The van der Waals surface area contributed by atoms with Gasteiger partial charge in [-0.15, -0.1) is 0 Å². The van der Waals surface area contributed by atoms with Crippen LogP contribution in [0.4, 0.5) is 0 Å². The van der Waals surface area contributed by atoms with Crippen LogP contribution in [0.5, 0.6) is 5.75 Å². The van der Waals surface area contributed by atoms with Crippen LogP contribution in [0.3, 0.4) is 0 Å². The van der Waals surface area contributed by atoms with Crippen LogP contribution in [-0.2, 0) is 11.3 Å². The first kappa shape index (κ1) is 14.2. The minimum absolute atomic E-state index is 0.0293. The van der Waals surface area contributed by atoms with Crippen LogP contribution in [0.2, 0.25) is 5.02 Å². The van der Waals surface area contributed by atoms with E-state index in [2.05, 4.69) is 10.6 Å². The minimum Gasteiger partial charge on any atom is -0.496 e. The fraction of sp³-hybridized carbons (Fsp3) is 0.500. The molecule has 1 fully saturated rings. The maximum Gasteiger partial charge on any atom is 0.237 e. The second kappa shape index (κ2) is 6.78. The van der Waals surface area contributed by atoms with Crippen LogP contribution in [0.15, 0.2) is 18.2 Å². The Kier molecular flexibility index (Phi) is 5.05. The van der Waals surface area contributed by atoms with Crippen molar-refractivity contribution in [3.8, 4) is 5.75 Å². The second-order valence-corrected chi connectivity index (χ2v) is 5.05. The van der Waals surface area contributed by atoms with Crippen molar-refractivity contribution in [2.45, 2.75) is 31.8 Å². The molecule has 0 spiro atoms. The van der Waals surface area contributed by atoms with Gasteiger partial charge in [-0.25, -0.2) is 0 Å². The first-order valence-electron chi connectivity index (χ1n) is 6.55. The zero-order chi connectivity index (χ0) is 13.7. The molecule has 19 heavy (non-hydrogen) atoms. The Morgan fingerprint density at radius 2 is 2.37 bits per heavy atom. The van der Waals surface area contributed by atoms with Gasteiger partial charge in [0.2, 0.25) is 5.91 Å². The zero-order valence-corrected chi connectivity index (χ0v) is 11.8. The van der Waals surface area contributed by atoms with Gasteiger partial charge in [0.15, 0.2) is 0 Å². The molecule has 1 aliphatic heterocycles. The van der Waals surface area contributed by atoms with Crippen molar-refractivity contribution < 1.29 is 9.53 Å². The number of amides is 1. The van der Waals surface area contributed by atoms with Gasteiger partial charge in [0.1, 0.15) is 5.75 Å². The van der Waals surface area contributed by atoms with Gasteiger partial charge in [-0.3, -0.25) is 4.79 Å². The molecule has 1 aliphatic rings. The number of piperidine rings is 1. The number of rotatable bonds is 4. The molecule has 1 saturated heterocycles. The summed E-state index contributed by atoms with van der Waals surface area (Å²) in [5.41, 5.74) is 0.816. The highest BCUT2D eigenvalue weighted by Crippen LogP contribution is 2.25. The molecule has 2 N–H and O–H groups in total. The van der Waals surface area contributed by atoms with E-state index in [1.165, 1.54) is 0 Å². The van der Waals surface area contributed by atoms with Crippen LogP contribution in [0, 0.1) is 0 Å². The van der Waals surface area contributed by atoms with Gasteiger partial charge in [0.05, 0.1) is 13.2 Å². The number of nitrogens with one attached hydrogen (secondary N) is 2. The van der Waals surface area contributed by atoms with Crippen molar-refractivity contribution >= 4 is 17.5 Å².